The van der Waals surface area contributed by atoms with E-state index in [0.717, 1.165) is 5.75 Å². The topological polar surface area (TPSA) is 9.23 Å². The van der Waals surface area contributed by atoms with Crippen LogP contribution in [0.4, 0.5) is 0 Å². The van der Waals surface area contributed by atoms with Crippen LogP contribution in [0.25, 0.3) is 0 Å². The van der Waals surface area contributed by atoms with Crippen molar-refractivity contribution in [1.82, 2.24) is 0 Å². The number of rotatable bonds is 5. The SMILES string of the molecule is COc1ccc([CH2][Hg][CH2]c2ccccc2)cc1. The molecule has 0 bridgehead atoms. The van der Waals surface area contributed by atoms with Gasteiger partial charge in [-0.2, -0.15) is 0 Å². The fourth-order valence-corrected chi connectivity index (χ4v) is 8.39. The zero-order chi connectivity index (χ0) is 11.9. The molecule has 2 aromatic rings. The molecule has 0 aromatic heterocycles. The maximum absolute atomic E-state index is 5.16. The van der Waals surface area contributed by atoms with E-state index in [4.69, 9.17) is 4.74 Å². The van der Waals surface area contributed by atoms with Crippen molar-refractivity contribution >= 4 is 0 Å². The van der Waals surface area contributed by atoms with Crippen LogP contribution < -0.4 is 4.74 Å². The van der Waals surface area contributed by atoms with Crippen molar-refractivity contribution in [2.75, 3.05) is 7.11 Å². The van der Waals surface area contributed by atoms with Gasteiger partial charge in [-0.3, -0.25) is 0 Å². The minimum atomic E-state index is -0.786. The molecule has 2 heteroatoms. The predicted molar refractivity (Wildman–Crippen MR) is 66.8 cm³/mol. The molecule has 0 saturated heterocycles. The van der Waals surface area contributed by atoms with Crippen molar-refractivity contribution in [2.24, 2.45) is 0 Å². The van der Waals surface area contributed by atoms with E-state index in [1.165, 1.54) is 19.0 Å². The molecule has 0 heterocycles. The third-order valence-electron chi connectivity index (χ3n) is 2.93. The predicted octanol–water partition coefficient (Wildman–Crippen LogP) is 3.48. The van der Waals surface area contributed by atoms with Crippen LogP contribution in [0.3, 0.4) is 0 Å². The van der Waals surface area contributed by atoms with Crippen molar-refractivity contribution in [3.05, 3.63) is 65.7 Å². The van der Waals surface area contributed by atoms with Gasteiger partial charge in [-0.25, -0.2) is 0 Å². The second-order valence-corrected chi connectivity index (χ2v) is 10.8. The van der Waals surface area contributed by atoms with E-state index in [1.54, 1.807) is 7.11 Å². The van der Waals surface area contributed by atoms with Gasteiger partial charge in [0.25, 0.3) is 0 Å². The van der Waals surface area contributed by atoms with Gasteiger partial charge in [-0.1, -0.05) is 0 Å². The van der Waals surface area contributed by atoms with Crippen LogP contribution in [-0.2, 0) is 32.4 Å². The third-order valence-corrected chi connectivity index (χ3v) is 10.2. The summed E-state index contributed by atoms with van der Waals surface area (Å²) in [5.74, 6) is 0.952. The molecule has 0 amide bonds. The zero-order valence-corrected chi connectivity index (χ0v) is 15.7. The summed E-state index contributed by atoms with van der Waals surface area (Å²) >= 11 is -0.786. The van der Waals surface area contributed by atoms with Crippen molar-refractivity contribution in [3.8, 4) is 5.75 Å². The van der Waals surface area contributed by atoms with Crippen LogP contribution in [-0.4, -0.2) is 7.11 Å². The van der Waals surface area contributed by atoms with Crippen molar-refractivity contribution in [1.29, 1.82) is 0 Å². The molecular weight excluding hydrogens is 397 g/mol. The minimum absolute atomic E-state index is 0.786. The molecule has 0 aliphatic heterocycles. The number of hydrogen-bond acceptors (Lipinski definition) is 1. The molecule has 0 fully saturated rings. The van der Waals surface area contributed by atoms with E-state index >= 15 is 0 Å². The Bertz CT molecular complexity index is 436. The first kappa shape index (κ1) is 12.6. The summed E-state index contributed by atoms with van der Waals surface area (Å²) in [5.41, 5.74) is 2.99. The first-order valence-electron chi connectivity index (χ1n) is 6.05. The van der Waals surface area contributed by atoms with Gasteiger partial charge in [0.2, 0.25) is 0 Å². The summed E-state index contributed by atoms with van der Waals surface area (Å²) in [4.78, 5) is 0. The van der Waals surface area contributed by atoms with Crippen LogP contribution in [0.1, 0.15) is 11.1 Å². The normalized spacial score (nSPS) is 9.71. The third kappa shape index (κ3) is 4.16. The molecule has 17 heavy (non-hydrogen) atoms. The van der Waals surface area contributed by atoms with Gasteiger partial charge >= 0.3 is 116 Å². The molecule has 0 unspecified atom stereocenters. The Morgan fingerprint density at radius 3 is 2.00 bits per heavy atom. The first-order chi connectivity index (χ1) is 8.38. The van der Waals surface area contributed by atoms with E-state index < -0.39 is 24.6 Å². The average molecular weight is 413 g/mol. The monoisotopic (exact) mass is 414 g/mol. The van der Waals surface area contributed by atoms with E-state index in [1.807, 2.05) is 0 Å². The van der Waals surface area contributed by atoms with Gasteiger partial charge in [0, 0.05) is 0 Å². The molecule has 0 aliphatic carbocycles. The molecule has 1 nitrogen and oxygen atoms in total. The van der Waals surface area contributed by atoms with Crippen LogP contribution in [0, 0.1) is 0 Å². The van der Waals surface area contributed by atoms with Crippen LogP contribution in [0.5, 0.6) is 5.75 Å². The van der Waals surface area contributed by atoms with E-state index in [9.17, 15) is 0 Å². The Balaban J connectivity index is 1.82. The van der Waals surface area contributed by atoms with Crippen LogP contribution >= 0.6 is 0 Å². The number of benzene rings is 2. The fraction of sp³-hybridized carbons (Fsp3) is 0.200. The molecule has 0 saturated carbocycles. The Morgan fingerprint density at radius 2 is 1.41 bits per heavy atom. The van der Waals surface area contributed by atoms with Crippen molar-refractivity contribution in [2.45, 2.75) is 7.86 Å². The van der Waals surface area contributed by atoms with Gasteiger partial charge in [0.05, 0.1) is 0 Å². The zero-order valence-electron chi connectivity index (χ0n) is 10.2. The van der Waals surface area contributed by atoms with Gasteiger partial charge in [0.1, 0.15) is 0 Å². The van der Waals surface area contributed by atoms with Gasteiger partial charge in [0.15, 0.2) is 0 Å². The average Bonchev–Trinajstić information content (AvgIpc) is 2.41. The van der Waals surface area contributed by atoms with E-state index in [-0.39, 0.29) is 0 Å². The Morgan fingerprint density at radius 1 is 0.824 bits per heavy atom. The maximum atomic E-state index is 5.16. The molecular formula is C15H16HgO. The first-order valence-corrected chi connectivity index (χ1v) is 13.8. The second-order valence-electron chi connectivity index (χ2n) is 4.19. The molecule has 0 spiro atoms. The number of methoxy groups -OCH3 is 1. The summed E-state index contributed by atoms with van der Waals surface area (Å²) in [6.45, 7) is 0. The summed E-state index contributed by atoms with van der Waals surface area (Å²) in [5, 5.41) is 0. The van der Waals surface area contributed by atoms with Gasteiger partial charge < -0.3 is 0 Å². The van der Waals surface area contributed by atoms with E-state index in [2.05, 4.69) is 54.6 Å². The number of ether oxygens (including phenoxy) is 1. The molecule has 0 atom stereocenters. The molecule has 0 N–H and O–H groups in total. The molecule has 2 rings (SSSR count). The van der Waals surface area contributed by atoms with E-state index in [0.29, 0.717) is 0 Å². The quantitative estimate of drug-likeness (QED) is 0.683. The Labute approximate surface area is 115 Å². The van der Waals surface area contributed by atoms with Gasteiger partial charge in [-0.05, 0) is 0 Å². The fourth-order valence-electron chi connectivity index (χ4n) is 1.93. The Kier molecular flexibility index (Phi) is 5.05. The Hall–Kier alpha value is -0.825. The summed E-state index contributed by atoms with van der Waals surface area (Å²) < 4.78 is 7.88. The summed E-state index contributed by atoms with van der Waals surface area (Å²) in [6, 6.07) is 19.4. The molecule has 0 radical (unpaired) electrons. The molecule has 84 valence electrons. The number of hydrogen-bond donors (Lipinski definition) is 0. The van der Waals surface area contributed by atoms with Crippen molar-refractivity contribution in [3.63, 3.8) is 0 Å². The summed E-state index contributed by atoms with van der Waals surface area (Å²) in [7, 11) is 1.71. The van der Waals surface area contributed by atoms with Crippen LogP contribution in [0.15, 0.2) is 54.6 Å². The van der Waals surface area contributed by atoms with Gasteiger partial charge in [-0.15, -0.1) is 0 Å². The summed E-state index contributed by atoms with van der Waals surface area (Å²) in [6.07, 6.45) is 0. The molecule has 2 aromatic carbocycles. The molecule has 0 aliphatic rings. The second kappa shape index (κ2) is 6.80. The standard InChI is InChI=1S/C8H9O.C7H7.Hg/c1-7-3-5-8(9-2)6-4-7;1-7-5-3-2-4-6-7;/h3-6H,1H2,2H3;2-6H,1H2;. The van der Waals surface area contributed by atoms with Crippen LogP contribution in [0.2, 0.25) is 0 Å². The van der Waals surface area contributed by atoms with Crippen molar-refractivity contribution < 1.29 is 29.3 Å².